The summed E-state index contributed by atoms with van der Waals surface area (Å²) in [5.41, 5.74) is 2.94. The fraction of sp³-hybridized carbons (Fsp3) is 0.636. The number of methoxy groups -OCH3 is 1. The highest BCUT2D eigenvalue weighted by Crippen LogP contribution is 2.47. The highest BCUT2D eigenvalue weighted by molar-refractivity contribution is 5.66. The summed E-state index contributed by atoms with van der Waals surface area (Å²) in [5, 5.41) is 0. The molecule has 2 aromatic rings. The van der Waals surface area contributed by atoms with Gasteiger partial charge in [0.25, 0.3) is 0 Å². The van der Waals surface area contributed by atoms with Crippen molar-refractivity contribution in [3.63, 3.8) is 0 Å². The fourth-order valence-corrected chi connectivity index (χ4v) is 7.23. The molecule has 0 saturated heterocycles. The van der Waals surface area contributed by atoms with Gasteiger partial charge in [-0.15, -0.1) is 0 Å². The van der Waals surface area contributed by atoms with E-state index in [1.54, 1.807) is 25.3 Å². The third-order valence-corrected chi connectivity index (χ3v) is 9.49. The molecule has 0 N–H and O–H groups in total. The Bertz CT molecular complexity index is 970. The Balaban J connectivity index is 1.45. The number of benzene rings is 2. The maximum absolute atomic E-state index is 15.5. The van der Waals surface area contributed by atoms with Crippen LogP contribution in [0.2, 0.25) is 0 Å². The Hall–Kier alpha value is -1.74. The van der Waals surface area contributed by atoms with E-state index in [0.29, 0.717) is 28.9 Å². The van der Waals surface area contributed by atoms with Crippen LogP contribution >= 0.6 is 0 Å². The number of halogens is 2. The van der Waals surface area contributed by atoms with Crippen LogP contribution in [0, 0.1) is 29.4 Å². The lowest BCUT2D eigenvalue weighted by Crippen LogP contribution is -2.36. The molecular weight excluding hydrogens is 450 g/mol. The lowest BCUT2D eigenvalue weighted by molar-refractivity contribution is 0.117. The third kappa shape index (κ3) is 6.21. The molecule has 0 aromatic heterocycles. The van der Waals surface area contributed by atoms with Crippen molar-refractivity contribution in [3.8, 4) is 11.1 Å². The second-order valence-corrected chi connectivity index (χ2v) is 11.8. The van der Waals surface area contributed by atoms with E-state index in [9.17, 15) is 0 Å². The molecule has 2 aliphatic rings. The van der Waals surface area contributed by atoms with Gasteiger partial charge < -0.3 is 4.74 Å². The zero-order valence-corrected chi connectivity index (χ0v) is 22.8. The van der Waals surface area contributed by atoms with E-state index in [-0.39, 0.29) is 17.0 Å². The van der Waals surface area contributed by atoms with Gasteiger partial charge in [-0.1, -0.05) is 83.1 Å². The van der Waals surface area contributed by atoms with Gasteiger partial charge in [0.1, 0.15) is 11.6 Å². The Morgan fingerprint density at radius 3 is 2.14 bits per heavy atom. The molecule has 0 heterocycles. The summed E-state index contributed by atoms with van der Waals surface area (Å²) >= 11 is 0. The summed E-state index contributed by atoms with van der Waals surface area (Å²) in [4.78, 5) is 0. The minimum absolute atomic E-state index is 0.0543. The molecule has 1 unspecified atom stereocenters. The molecule has 36 heavy (non-hydrogen) atoms. The predicted octanol–water partition coefficient (Wildman–Crippen LogP) is 9.66. The first kappa shape index (κ1) is 27.3. The Labute approximate surface area is 218 Å². The maximum atomic E-state index is 15.5. The number of rotatable bonds is 10. The topological polar surface area (TPSA) is 9.23 Å². The smallest absolute Gasteiger partial charge is 0.131 e. The zero-order chi connectivity index (χ0) is 25.5. The van der Waals surface area contributed by atoms with Crippen molar-refractivity contribution in [2.45, 2.75) is 103 Å². The maximum Gasteiger partial charge on any atom is 0.131 e. The average molecular weight is 497 g/mol. The minimum Gasteiger partial charge on any atom is -0.384 e. The lowest BCUT2D eigenvalue weighted by atomic mass is 9.61. The van der Waals surface area contributed by atoms with Gasteiger partial charge in [0.2, 0.25) is 0 Å². The van der Waals surface area contributed by atoms with Crippen molar-refractivity contribution in [2.24, 2.45) is 17.8 Å². The summed E-state index contributed by atoms with van der Waals surface area (Å²) in [6.07, 6.45) is 15.2. The van der Waals surface area contributed by atoms with E-state index < -0.39 is 0 Å². The second-order valence-electron chi connectivity index (χ2n) is 11.8. The van der Waals surface area contributed by atoms with Crippen molar-refractivity contribution in [1.82, 2.24) is 0 Å². The summed E-state index contributed by atoms with van der Waals surface area (Å²) in [7, 11) is 1.78. The van der Waals surface area contributed by atoms with Crippen LogP contribution in [0.5, 0.6) is 0 Å². The van der Waals surface area contributed by atoms with Crippen LogP contribution in [-0.4, -0.2) is 13.7 Å². The SMILES string of the molecule is CCCC(C)C1(c2ccc(-c3ccc(CCC4CCC(COC)CC4)cc3F)c(F)c2)CCCCC1. The van der Waals surface area contributed by atoms with Crippen LogP contribution < -0.4 is 0 Å². The highest BCUT2D eigenvalue weighted by atomic mass is 19.1. The minimum atomic E-state index is -0.310. The highest BCUT2D eigenvalue weighted by Gasteiger charge is 2.38. The molecule has 0 spiro atoms. The van der Waals surface area contributed by atoms with E-state index in [2.05, 4.69) is 19.9 Å². The molecule has 2 aromatic carbocycles. The molecule has 1 atom stereocenters. The Morgan fingerprint density at radius 2 is 1.53 bits per heavy atom. The first-order chi connectivity index (χ1) is 17.5. The summed E-state index contributed by atoms with van der Waals surface area (Å²) in [6, 6.07) is 11.0. The largest absolute Gasteiger partial charge is 0.384 e. The summed E-state index contributed by atoms with van der Waals surface area (Å²) in [5.74, 6) is 1.34. The van der Waals surface area contributed by atoms with Crippen LogP contribution in [0.3, 0.4) is 0 Å². The summed E-state index contributed by atoms with van der Waals surface area (Å²) in [6.45, 7) is 5.44. The molecule has 3 heteroatoms. The Kier molecular flexibility index (Phi) is 9.61. The predicted molar refractivity (Wildman–Crippen MR) is 146 cm³/mol. The van der Waals surface area contributed by atoms with Gasteiger partial charge in [-0.25, -0.2) is 8.78 Å². The second kappa shape index (κ2) is 12.7. The molecule has 0 bridgehead atoms. The van der Waals surface area contributed by atoms with Gasteiger partial charge in [0.15, 0.2) is 0 Å². The van der Waals surface area contributed by atoms with Gasteiger partial charge in [-0.3, -0.25) is 0 Å². The molecule has 0 radical (unpaired) electrons. The monoisotopic (exact) mass is 496 g/mol. The van der Waals surface area contributed by atoms with Gasteiger partial charge in [0, 0.05) is 24.8 Å². The molecular formula is C33H46F2O. The van der Waals surface area contributed by atoms with E-state index in [1.165, 1.54) is 44.9 Å². The van der Waals surface area contributed by atoms with Crippen LogP contribution in [-0.2, 0) is 16.6 Å². The zero-order valence-electron chi connectivity index (χ0n) is 22.8. The van der Waals surface area contributed by atoms with Gasteiger partial charge in [0.05, 0.1) is 0 Å². The van der Waals surface area contributed by atoms with Gasteiger partial charge in [-0.2, -0.15) is 0 Å². The number of ether oxygens (including phenoxy) is 1. The van der Waals surface area contributed by atoms with Crippen molar-refractivity contribution in [2.75, 3.05) is 13.7 Å². The number of hydrogen-bond acceptors (Lipinski definition) is 1. The third-order valence-electron chi connectivity index (χ3n) is 9.49. The lowest BCUT2D eigenvalue weighted by Gasteiger charge is -2.43. The molecule has 1 nitrogen and oxygen atoms in total. The van der Waals surface area contributed by atoms with Crippen LogP contribution in [0.15, 0.2) is 36.4 Å². The first-order valence-electron chi connectivity index (χ1n) is 14.5. The van der Waals surface area contributed by atoms with E-state index in [1.807, 2.05) is 12.1 Å². The molecule has 198 valence electrons. The number of aryl methyl sites for hydroxylation is 1. The average Bonchev–Trinajstić information content (AvgIpc) is 2.89. The van der Waals surface area contributed by atoms with E-state index in [4.69, 9.17) is 4.74 Å². The van der Waals surface area contributed by atoms with E-state index >= 15 is 8.78 Å². The molecule has 2 aliphatic carbocycles. The van der Waals surface area contributed by atoms with Crippen LogP contribution in [0.1, 0.15) is 102 Å². The Morgan fingerprint density at radius 1 is 0.889 bits per heavy atom. The fourth-order valence-electron chi connectivity index (χ4n) is 7.23. The van der Waals surface area contributed by atoms with Crippen molar-refractivity contribution >= 4 is 0 Å². The molecule has 0 aliphatic heterocycles. The molecule has 2 fully saturated rings. The van der Waals surface area contributed by atoms with E-state index in [0.717, 1.165) is 56.3 Å². The van der Waals surface area contributed by atoms with Crippen molar-refractivity contribution < 1.29 is 13.5 Å². The molecule has 2 saturated carbocycles. The first-order valence-corrected chi connectivity index (χ1v) is 14.5. The van der Waals surface area contributed by atoms with Crippen molar-refractivity contribution in [1.29, 1.82) is 0 Å². The summed E-state index contributed by atoms with van der Waals surface area (Å²) < 4.78 is 36.0. The normalized spacial score (nSPS) is 22.9. The van der Waals surface area contributed by atoms with Crippen LogP contribution in [0.25, 0.3) is 11.1 Å². The quantitative estimate of drug-likeness (QED) is 0.318. The van der Waals surface area contributed by atoms with Gasteiger partial charge in [-0.05, 0) is 85.0 Å². The van der Waals surface area contributed by atoms with Crippen molar-refractivity contribution in [3.05, 3.63) is 59.2 Å². The molecule has 4 rings (SSSR count). The molecule has 0 amide bonds. The van der Waals surface area contributed by atoms with Gasteiger partial charge >= 0.3 is 0 Å². The number of hydrogen-bond donors (Lipinski definition) is 0. The van der Waals surface area contributed by atoms with Crippen LogP contribution in [0.4, 0.5) is 8.78 Å². The standard InChI is InChI=1S/C33H46F2O/c1-4-8-24(2)33(19-6-5-7-20-33)28-16-18-30(32(35)22-28)29-17-15-26(21-31(29)34)12-9-25-10-13-27(14-11-25)23-36-3/h15-18,21-22,24-25,27H,4-14,19-20,23H2,1-3H3.